The summed E-state index contributed by atoms with van der Waals surface area (Å²) in [5, 5.41) is 11.8. The second-order valence-corrected chi connectivity index (χ2v) is 5.21. The summed E-state index contributed by atoms with van der Waals surface area (Å²) in [7, 11) is 0. The van der Waals surface area contributed by atoms with Gasteiger partial charge in [0.25, 0.3) is 0 Å². The van der Waals surface area contributed by atoms with E-state index in [2.05, 4.69) is 31.2 Å². The third-order valence-electron chi connectivity index (χ3n) is 2.66. The van der Waals surface area contributed by atoms with Crippen LogP contribution in [-0.2, 0) is 11.2 Å². The van der Waals surface area contributed by atoms with Crippen LogP contribution in [0.5, 0.6) is 0 Å². The summed E-state index contributed by atoms with van der Waals surface area (Å²) in [5.74, 6) is 0.304. The number of carboxylic acids is 1. The predicted molar refractivity (Wildman–Crippen MR) is 80.2 cm³/mol. The van der Waals surface area contributed by atoms with Gasteiger partial charge in [0.05, 0.1) is 12.1 Å². The fourth-order valence-corrected chi connectivity index (χ4v) is 2.26. The molecular weight excluding hydrogens is 322 g/mol. The van der Waals surface area contributed by atoms with Gasteiger partial charge in [0, 0.05) is 17.1 Å². The molecule has 2 aromatic rings. The summed E-state index contributed by atoms with van der Waals surface area (Å²) in [5.41, 5.74) is 2.06. The first-order valence-electron chi connectivity index (χ1n) is 6.11. The highest BCUT2D eigenvalue weighted by atomic mass is 79.9. The van der Waals surface area contributed by atoms with Crippen LogP contribution in [0.2, 0.25) is 0 Å². The molecule has 0 atom stereocenters. The first-order valence-corrected chi connectivity index (χ1v) is 6.91. The fraction of sp³-hybridized carbons (Fsp3) is 0.214. The molecule has 0 spiro atoms. The lowest BCUT2D eigenvalue weighted by Gasteiger charge is -2.09. The lowest BCUT2D eigenvalue weighted by molar-refractivity contribution is -0.137. The lowest BCUT2D eigenvalue weighted by Crippen LogP contribution is -2.03. The molecule has 0 saturated carbocycles. The van der Waals surface area contributed by atoms with Gasteiger partial charge in [-0.2, -0.15) is 0 Å². The van der Waals surface area contributed by atoms with E-state index in [9.17, 15) is 4.79 Å². The van der Waals surface area contributed by atoms with Gasteiger partial charge in [-0.25, -0.2) is 9.97 Å². The molecule has 0 aliphatic heterocycles. The standard InChI is InChI=1S/C14H14BrN3O2/c1-9-2-3-11(10(15)8-9)17-13-6-7-16-12(18-13)4-5-14(19)20/h2-3,6-8H,4-5H2,1H3,(H,19,20)(H,16,17,18). The third kappa shape index (κ3) is 4.03. The van der Waals surface area contributed by atoms with Gasteiger partial charge in [-0.15, -0.1) is 0 Å². The van der Waals surface area contributed by atoms with E-state index in [0.717, 1.165) is 15.7 Å². The number of halogens is 1. The first-order chi connectivity index (χ1) is 9.54. The van der Waals surface area contributed by atoms with Crippen molar-refractivity contribution in [3.63, 3.8) is 0 Å². The van der Waals surface area contributed by atoms with Crippen LogP contribution >= 0.6 is 15.9 Å². The topological polar surface area (TPSA) is 75.1 Å². The minimum atomic E-state index is -0.853. The van der Waals surface area contributed by atoms with E-state index in [4.69, 9.17) is 5.11 Å². The first kappa shape index (κ1) is 14.5. The summed E-state index contributed by atoms with van der Waals surface area (Å²) < 4.78 is 0.947. The van der Waals surface area contributed by atoms with Crippen LogP contribution in [0.4, 0.5) is 11.5 Å². The van der Waals surface area contributed by atoms with Crippen molar-refractivity contribution in [3.8, 4) is 0 Å². The van der Waals surface area contributed by atoms with Crippen molar-refractivity contribution in [1.29, 1.82) is 0 Å². The van der Waals surface area contributed by atoms with Crippen molar-refractivity contribution in [2.24, 2.45) is 0 Å². The normalized spacial score (nSPS) is 10.3. The number of aliphatic carboxylic acids is 1. The fourth-order valence-electron chi connectivity index (χ4n) is 1.67. The average molecular weight is 336 g/mol. The van der Waals surface area contributed by atoms with E-state index < -0.39 is 5.97 Å². The number of nitrogens with zero attached hydrogens (tertiary/aromatic N) is 2. The Morgan fingerprint density at radius 2 is 2.20 bits per heavy atom. The molecule has 0 fully saturated rings. The highest BCUT2D eigenvalue weighted by Gasteiger charge is 2.05. The Bertz CT molecular complexity index is 632. The second kappa shape index (κ2) is 6.47. The van der Waals surface area contributed by atoms with Crippen LogP contribution in [0.25, 0.3) is 0 Å². The highest BCUT2D eigenvalue weighted by molar-refractivity contribution is 9.10. The Hall–Kier alpha value is -1.95. The van der Waals surface area contributed by atoms with Crippen LogP contribution in [0.3, 0.4) is 0 Å². The number of aryl methyl sites for hydroxylation is 2. The van der Waals surface area contributed by atoms with Gasteiger partial charge < -0.3 is 10.4 Å². The molecule has 0 radical (unpaired) electrons. The summed E-state index contributed by atoms with van der Waals surface area (Å²) >= 11 is 3.49. The van der Waals surface area contributed by atoms with Crippen LogP contribution in [0, 0.1) is 6.92 Å². The van der Waals surface area contributed by atoms with E-state index in [1.54, 1.807) is 12.3 Å². The molecule has 1 aromatic heterocycles. The van der Waals surface area contributed by atoms with E-state index in [-0.39, 0.29) is 6.42 Å². The maximum absolute atomic E-state index is 10.5. The number of carbonyl (C=O) groups is 1. The molecule has 0 aliphatic rings. The molecule has 20 heavy (non-hydrogen) atoms. The maximum Gasteiger partial charge on any atom is 0.303 e. The number of hydrogen-bond acceptors (Lipinski definition) is 4. The van der Waals surface area contributed by atoms with Crippen molar-refractivity contribution >= 4 is 33.4 Å². The van der Waals surface area contributed by atoms with Gasteiger partial charge in [-0.3, -0.25) is 4.79 Å². The molecule has 2 rings (SSSR count). The number of carboxylic acid groups (broad SMARTS) is 1. The van der Waals surface area contributed by atoms with Gasteiger partial charge in [0.2, 0.25) is 0 Å². The number of aromatic nitrogens is 2. The Kier molecular flexibility index (Phi) is 4.68. The average Bonchev–Trinajstić information content (AvgIpc) is 2.40. The SMILES string of the molecule is Cc1ccc(Nc2ccnc(CCC(=O)O)n2)c(Br)c1. The second-order valence-electron chi connectivity index (χ2n) is 4.36. The van der Waals surface area contributed by atoms with E-state index in [1.165, 1.54) is 0 Å². The van der Waals surface area contributed by atoms with Crippen LogP contribution in [0.15, 0.2) is 34.9 Å². The van der Waals surface area contributed by atoms with Gasteiger partial charge in [0.1, 0.15) is 11.6 Å². The van der Waals surface area contributed by atoms with Gasteiger partial charge in [0.15, 0.2) is 0 Å². The molecule has 1 heterocycles. The number of rotatable bonds is 5. The zero-order valence-electron chi connectivity index (χ0n) is 10.9. The summed E-state index contributed by atoms with van der Waals surface area (Å²) in [6, 6.07) is 7.71. The van der Waals surface area contributed by atoms with Gasteiger partial charge in [-0.1, -0.05) is 6.07 Å². The van der Waals surface area contributed by atoms with Gasteiger partial charge >= 0.3 is 5.97 Å². The van der Waals surface area contributed by atoms with Gasteiger partial charge in [-0.05, 0) is 46.6 Å². The molecule has 6 heteroatoms. The van der Waals surface area contributed by atoms with Crippen molar-refractivity contribution < 1.29 is 9.90 Å². The zero-order chi connectivity index (χ0) is 14.5. The van der Waals surface area contributed by atoms with Crippen molar-refractivity contribution in [2.45, 2.75) is 19.8 Å². The molecule has 0 unspecified atom stereocenters. The van der Waals surface area contributed by atoms with E-state index in [1.807, 2.05) is 25.1 Å². The molecule has 104 valence electrons. The largest absolute Gasteiger partial charge is 0.481 e. The maximum atomic E-state index is 10.5. The van der Waals surface area contributed by atoms with Crippen molar-refractivity contribution in [1.82, 2.24) is 9.97 Å². The zero-order valence-corrected chi connectivity index (χ0v) is 12.5. The smallest absolute Gasteiger partial charge is 0.303 e. The van der Waals surface area contributed by atoms with Crippen molar-refractivity contribution in [3.05, 3.63) is 46.3 Å². The molecular formula is C14H14BrN3O2. The van der Waals surface area contributed by atoms with E-state index in [0.29, 0.717) is 18.1 Å². The Labute approximate surface area is 125 Å². The van der Waals surface area contributed by atoms with Crippen LogP contribution in [0.1, 0.15) is 17.8 Å². The molecule has 5 nitrogen and oxygen atoms in total. The molecule has 2 N–H and O–H groups in total. The minimum absolute atomic E-state index is 0.0255. The quantitative estimate of drug-likeness (QED) is 0.876. The summed E-state index contributed by atoms with van der Waals surface area (Å²) in [4.78, 5) is 18.9. The number of anilines is 2. The Morgan fingerprint density at radius 1 is 1.40 bits per heavy atom. The number of benzene rings is 1. The van der Waals surface area contributed by atoms with E-state index >= 15 is 0 Å². The summed E-state index contributed by atoms with van der Waals surface area (Å²) in [6.07, 6.45) is 1.96. The number of nitrogens with one attached hydrogen (secondary N) is 1. The molecule has 0 aliphatic carbocycles. The summed E-state index contributed by atoms with van der Waals surface area (Å²) in [6.45, 7) is 2.02. The third-order valence-corrected chi connectivity index (χ3v) is 3.31. The van der Waals surface area contributed by atoms with Crippen LogP contribution in [-0.4, -0.2) is 21.0 Å². The van der Waals surface area contributed by atoms with Crippen molar-refractivity contribution in [2.75, 3.05) is 5.32 Å². The highest BCUT2D eigenvalue weighted by Crippen LogP contribution is 2.25. The molecule has 0 saturated heterocycles. The molecule has 0 amide bonds. The Balaban J connectivity index is 2.13. The predicted octanol–water partition coefficient (Wildman–Crippen LogP) is 3.31. The Morgan fingerprint density at radius 3 is 2.90 bits per heavy atom. The van der Waals surface area contributed by atoms with Crippen LogP contribution < -0.4 is 5.32 Å². The lowest BCUT2D eigenvalue weighted by atomic mass is 10.2. The molecule has 0 bridgehead atoms. The minimum Gasteiger partial charge on any atom is -0.481 e. The molecule has 1 aromatic carbocycles. The monoisotopic (exact) mass is 335 g/mol. The number of hydrogen-bond donors (Lipinski definition) is 2.